The number of rotatable bonds is 2. The van der Waals surface area contributed by atoms with Crippen LogP contribution >= 0.6 is 0 Å². The molecule has 1 heterocycles. The fraction of sp³-hybridized carbons (Fsp3) is 0.0769. The number of benzene rings is 1. The zero-order valence-corrected chi connectivity index (χ0v) is 9.72. The van der Waals surface area contributed by atoms with E-state index >= 15 is 0 Å². The van der Waals surface area contributed by atoms with Crippen LogP contribution in [0.5, 0.6) is 0 Å². The second-order valence-corrected chi connectivity index (χ2v) is 3.79. The Morgan fingerprint density at radius 2 is 1.68 bits per heavy atom. The zero-order chi connectivity index (χ0) is 13.9. The summed E-state index contributed by atoms with van der Waals surface area (Å²) in [4.78, 5) is 7.69. The van der Waals surface area contributed by atoms with Gasteiger partial charge in [0.2, 0.25) is 5.95 Å². The van der Waals surface area contributed by atoms with Gasteiger partial charge < -0.3 is 5.73 Å². The maximum absolute atomic E-state index is 12.4. The first-order chi connectivity index (χ1) is 8.95. The molecule has 0 aliphatic carbocycles. The average molecular weight is 265 g/mol. The molecule has 2 rings (SSSR count). The minimum atomic E-state index is -4.32. The molecule has 0 fully saturated rings. The largest absolute Gasteiger partial charge is 0.416 e. The number of anilines is 1. The Hall–Kier alpha value is -2.37. The highest BCUT2D eigenvalue weighted by atomic mass is 19.4. The van der Waals surface area contributed by atoms with Gasteiger partial charge >= 0.3 is 6.18 Å². The van der Waals surface area contributed by atoms with E-state index in [9.17, 15) is 13.2 Å². The van der Waals surface area contributed by atoms with Crippen LogP contribution in [0.25, 0.3) is 12.2 Å². The molecule has 3 nitrogen and oxygen atoms in total. The normalized spacial score (nSPS) is 11.9. The maximum atomic E-state index is 12.4. The smallest absolute Gasteiger partial charge is 0.368 e. The molecule has 0 atom stereocenters. The third-order valence-electron chi connectivity index (χ3n) is 2.38. The SMILES string of the molecule is Nc1nccc(C=Cc2ccc(C(F)(F)F)cc2)n1. The molecular weight excluding hydrogens is 255 g/mol. The Bertz CT molecular complexity index is 589. The molecule has 0 aliphatic heterocycles. The van der Waals surface area contributed by atoms with E-state index in [-0.39, 0.29) is 5.95 Å². The van der Waals surface area contributed by atoms with Crippen molar-refractivity contribution in [3.8, 4) is 0 Å². The van der Waals surface area contributed by atoms with Crippen molar-refractivity contribution >= 4 is 18.1 Å². The molecule has 0 aliphatic rings. The highest BCUT2D eigenvalue weighted by Gasteiger charge is 2.29. The number of nitrogens with zero attached hydrogens (tertiary/aromatic N) is 2. The van der Waals surface area contributed by atoms with Gasteiger partial charge in [-0.2, -0.15) is 13.2 Å². The van der Waals surface area contributed by atoms with Crippen molar-refractivity contribution in [2.75, 3.05) is 5.73 Å². The molecule has 6 heteroatoms. The molecule has 19 heavy (non-hydrogen) atoms. The molecule has 0 saturated carbocycles. The Labute approximate surface area is 107 Å². The van der Waals surface area contributed by atoms with E-state index in [1.54, 1.807) is 18.2 Å². The number of alkyl halides is 3. The van der Waals surface area contributed by atoms with Gasteiger partial charge in [-0.15, -0.1) is 0 Å². The zero-order valence-electron chi connectivity index (χ0n) is 9.72. The first-order valence-electron chi connectivity index (χ1n) is 5.39. The van der Waals surface area contributed by atoms with Crippen molar-refractivity contribution in [2.24, 2.45) is 0 Å². The quantitative estimate of drug-likeness (QED) is 0.906. The molecule has 2 N–H and O–H groups in total. The third-order valence-corrected chi connectivity index (χ3v) is 2.38. The Morgan fingerprint density at radius 1 is 1.00 bits per heavy atom. The van der Waals surface area contributed by atoms with Crippen molar-refractivity contribution in [2.45, 2.75) is 6.18 Å². The lowest BCUT2D eigenvalue weighted by Crippen LogP contribution is -2.03. The molecule has 0 spiro atoms. The number of aromatic nitrogens is 2. The second kappa shape index (κ2) is 5.09. The first-order valence-corrected chi connectivity index (χ1v) is 5.39. The maximum Gasteiger partial charge on any atom is 0.416 e. The standard InChI is InChI=1S/C13H10F3N3/c14-13(15,16)10-4-1-9(2-5-10)3-6-11-7-8-18-12(17)19-11/h1-8H,(H2,17,18,19). The first kappa shape index (κ1) is 13.1. The fourth-order valence-corrected chi connectivity index (χ4v) is 1.45. The Kier molecular flexibility index (Phi) is 3.50. The summed E-state index contributed by atoms with van der Waals surface area (Å²) in [5.41, 5.74) is 5.98. The van der Waals surface area contributed by atoms with Crippen LogP contribution < -0.4 is 5.73 Å². The Balaban J connectivity index is 2.16. The minimum absolute atomic E-state index is 0.148. The van der Waals surface area contributed by atoms with Crippen LogP contribution in [0.4, 0.5) is 19.1 Å². The molecule has 98 valence electrons. The molecule has 0 unspecified atom stereocenters. The molecule has 2 aromatic rings. The van der Waals surface area contributed by atoms with Crippen molar-refractivity contribution in [3.63, 3.8) is 0 Å². The average Bonchev–Trinajstić information content (AvgIpc) is 2.36. The van der Waals surface area contributed by atoms with Crippen molar-refractivity contribution < 1.29 is 13.2 Å². The van der Waals surface area contributed by atoms with Crippen LogP contribution in [0.1, 0.15) is 16.8 Å². The van der Waals surface area contributed by atoms with Crippen LogP contribution in [-0.4, -0.2) is 9.97 Å². The number of hydrogen-bond donors (Lipinski definition) is 1. The molecule has 0 radical (unpaired) electrons. The van der Waals surface area contributed by atoms with Crippen LogP contribution in [0.2, 0.25) is 0 Å². The van der Waals surface area contributed by atoms with Crippen molar-refractivity contribution in [3.05, 3.63) is 53.3 Å². The predicted octanol–water partition coefficient (Wildman–Crippen LogP) is 3.25. The van der Waals surface area contributed by atoms with Crippen molar-refractivity contribution in [1.82, 2.24) is 9.97 Å². The summed E-state index contributed by atoms with van der Waals surface area (Å²) in [6.45, 7) is 0. The van der Waals surface area contributed by atoms with Gasteiger partial charge in [-0.25, -0.2) is 9.97 Å². The molecule has 0 bridgehead atoms. The van der Waals surface area contributed by atoms with E-state index in [2.05, 4.69) is 9.97 Å². The number of nitrogen functional groups attached to an aromatic ring is 1. The number of halogens is 3. The third kappa shape index (κ3) is 3.54. The lowest BCUT2D eigenvalue weighted by molar-refractivity contribution is -0.137. The number of nitrogens with two attached hydrogens (primary N) is 1. The van der Waals surface area contributed by atoms with E-state index in [1.165, 1.54) is 18.3 Å². The van der Waals surface area contributed by atoms with Crippen LogP contribution in [0.3, 0.4) is 0 Å². The summed E-state index contributed by atoms with van der Waals surface area (Å²) in [5.74, 6) is 0.148. The summed E-state index contributed by atoms with van der Waals surface area (Å²) in [5, 5.41) is 0. The van der Waals surface area contributed by atoms with Gasteiger partial charge in [0.05, 0.1) is 11.3 Å². The molecule has 0 saturated heterocycles. The van der Waals surface area contributed by atoms with E-state index < -0.39 is 11.7 Å². The lowest BCUT2D eigenvalue weighted by atomic mass is 10.1. The predicted molar refractivity (Wildman–Crippen MR) is 66.8 cm³/mol. The summed E-state index contributed by atoms with van der Waals surface area (Å²) < 4.78 is 37.1. The molecule has 1 aromatic carbocycles. The van der Waals surface area contributed by atoms with Crippen LogP contribution in [0.15, 0.2) is 36.5 Å². The van der Waals surface area contributed by atoms with Crippen LogP contribution in [-0.2, 0) is 6.18 Å². The monoisotopic (exact) mass is 265 g/mol. The number of hydrogen-bond acceptors (Lipinski definition) is 3. The summed E-state index contributed by atoms with van der Waals surface area (Å²) in [7, 11) is 0. The molecule has 1 aromatic heterocycles. The van der Waals surface area contributed by atoms with Gasteiger partial charge in [0, 0.05) is 6.20 Å². The fourth-order valence-electron chi connectivity index (χ4n) is 1.45. The summed E-state index contributed by atoms with van der Waals surface area (Å²) >= 11 is 0. The topological polar surface area (TPSA) is 51.8 Å². The van der Waals surface area contributed by atoms with E-state index in [1.807, 2.05) is 0 Å². The van der Waals surface area contributed by atoms with E-state index in [0.29, 0.717) is 11.3 Å². The van der Waals surface area contributed by atoms with Crippen LogP contribution in [0, 0.1) is 0 Å². The van der Waals surface area contributed by atoms with Gasteiger partial charge in [-0.1, -0.05) is 18.2 Å². The van der Waals surface area contributed by atoms with Gasteiger partial charge in [-0.3, -0.25) is 0 Å². The molecular formula is C13H10F3N3. The van der Waals surface area contributed by atoms with Gasteiger partial charge in [0.15, 0.2) is 0 Å². The molecule has 0 amide bonds. The van der Waals surface area contributed by atoms with E-state index in [0.717, 1.165) is 12.1 Å². The highest BCUT2D eigenvalue weighted by Crippen LogP contribution is 2.29. The lowest BCUT2D eigenvalue weighted by Gasteiger charge is -2.05. The minimum Gasteiger partial charge on any atom is -0.368 e. The Morgan fingerprint density at radius 3 is 2.26 bits per heavy atom. The van der Waals surface area contributed by atoms with Gasteiger partial charge in [-0.05, 0) is 29.8 Å². The van der Waals surface area contributed by atoms with Gasteiger partial charge in [0.1, 0.15) is 0 Å². The summed E-state index contributed by atoms with van der Waals surface area (Å²) in [6, 6.07) is 6.51. The van der Waals surface area contributed by atoms with Gasteiger partial charge in [0.25, 0.3) is 0 Å². The summed E-state index contributed by atoms with van der Waals surface area (Å²) in [6.07, 6.45) is 0.501. The highest BCUT2D eigenvalue weighted by molar-refractivity contribution is 5.68. The van der Waals surface area contributed by atoms with E-state index in [4.69, 9.17) is 5.73 Å². The second-order valence-electron chi connectivity index (χ2n) is 3.79. The van der Waals surface area contributed by atoms with Crippen molar-refractivity contribution in [1.29, 1.82) is 0 Å².